The molecule has 0 bridgehead atoms. The maximum absolute atomic E-state index is 4.19. The van der Waals surface area contributed by atoms with E-state index >= 15 is 0 Å². The highest BCUT2D eigenvalue weighted by Gasteiger charge is 2.22. The summed E-state index contributed by atoms with van der Waals surface area (Å²) in [5, 5.41) is 7.82. The topological polar surface area (TPSA) is 33.1 Å². The Morgan fingerprint density at radius 3 is 3.00 bits per heavy atom. The molecule has 0 aliphatic carbocycles. The van der Waals surface area contributed by atoms with Crippen LogP contribution in [0.1, 0.15) is 25.5 Å². The van der Waals surface area contributed by atoms with E-state index in [1.165, 1.54) is 31.6 Å². The van der Waals surface area contributed by atoms with Crippen LogP contribution in [0.5, 0.6) is 0 Å². The Morgan fingerprint density at radius 2 is 2.35 bits per heavy atom. The third kappa shape index (κ3) is 3.30. The lowest BCUT2D eigenvalue weighted by Crippen LogP contribution is -2.42. The summed E-state index contributed by atoms with van der Waals surface area (Å²) in [7, 11) is 4.22. The van der Waals surface area contributed by atoms with Crippen LogP contribution in [0.15, 0.2) is 12.3 Å². The molecular weight excluding hydrogens is 212 g/mol. The van der Waals surface area contributed by atoms with Gasteiger partial charge in [-0.1, -0.05) is 0 Å². The molecule has 1 aliphatic rings. The van der Waals surface area contributed by atoms with E-state index in [4.69, 9.17) is 0 Å². The number of nitrogens with zero attached hydrogens (tertiary/aromatic N) is 3. The summed E-state index contributed by atoms with van der Waals surface area (Å²) in [4.78, 5) is 2.44. The zero-order chi connectivity index (χ0) is 12.3. The summed E-state index contributed by atoms with van der Waals surface area (Å²) in [5.41, 5.74) is 1.25. The molecule has 2 atom stereocenters. The maximum Gasteiger partial charge on any atom is 0.0518 e. The molecule has 4 nitrogen and oxygen atoms in total. The first kappa shape index (κ1) is 12.6. The highest BCUT2D eigenvalue weighted by atomic mass is 15.3. The Hall–Kier alpha value is -0.870. The van der Waals surface area contributed by atoms with Gasteiger partial charge in [-0.3, -0.25) is 4.68 Å². The number of hydrogen-bond donors (Lipinski definition) is 1. The van der Waals surface area contributed by atoms with Crippen LogP contribution in [-0.4, -0.2) is 40.9 Å². The van der Waals surface area contributed by atoms with Crippen LogP contribution < -0.4 is 5.32 Å². The van der Waals surface area contributed by atoms with Gasteiger partial charge in [-0.2, -0.15) is 5.10 Å². The van der Waals surface area contributed by atoms with Crippen LogP contribution in [0.2, 0.25) is 0 Å². The summed E-state index contributed by atoms with van der Waals surface area (Å²) in [6.07, 6.45) is 4.54. The Bertz CT molecular complexity index is 347. The molecule has 17 heavy (non-hydrogen) atoms. The Morgan fingerprint density at radius 1 is 1.53 bits per heavy atom. The maximum atomic E-state index is 4.19. The van der Waals surface area contributed by atoms with Gasteiger partial charge in [0.1, 0.15) is 0 Å². The zero-order valence-corrected chi connectivity index (χ0v) is 11.2. The first-order valence-corrected chi connectivity index (χ1v) is 6.55. The number of aromatic nitrogens is 2. The standard InChI is InChI=1S/C13H24N4/c1-11(12-5-4-8-16(2)10-12)14-9-13-6-7-15-17(13)3/h6-7,11-12,14H,4-5,8-10H2,1-3H3. The molecule has 1 aromatic rings. The van der Waals surface area contributed by atoms with Gasteiger partial charge in [-0.15, -0.1) is 0 Å². The van der Waals surface area contributed by atoms with Gasteiger partial charge in [0.05, 0.1) is 5.69 Å². The van der Waals surface area contributed by atoms with Crippen molar-refractivity contribution in [1.82, 2.24) is 20.0 Å². The molecule has 2 rings (SSSR count). The Labute approximate surface area is 104 Å². The fourth-order valence-corrected chi connectivity index (χ4v) is 2.62. The smallest absolute Gasteiger partial charge is 0.0518 e. The fourth-order valence-electron chi connectivity index (χ4n) is 2.62. The molecule has 2 heterocycles. The number of likely N-dealkylation sites (tertiary alicyclic amines) is 1. The first-order valence-electron chi connectivity index (χ1n) is 6.55. The fraction of sp³-hybridized carbons (Fsp3) is 0.769. The van der Waals surface area contributed by atoms with Crippen molar-refractivity contribution in [1.29, 1.82) is 0 Å². The molecule has 1 aromatic heterocycles. The second-order valence-electron chi connectivity index (χ2n) is 5.28. The van der Waals surface area contributed by atoms with E-state index in [0.29, 0.717) is 6.04 Å². The minimum Gasteiger partial charge on any atom is -0.308 e. The summed E-state index contributed by atoms with van der Waals surface area (Å²) < 4.78 is 1.94. The van der Waals surface area contributed by atoms with E-state index in [9.17, 15) is 0 Å². The van der Waals surface area contributed by atoms with Crippen molar-refractivity contribution in [2.45, 2.75) is 32.4 Å². The third-order valence-corrected chi connectivity index (χ3v) is 3.90. The van der Waals surface area contributed by atoms with Crippen molar-refractivity contribution in [2.24, 2.45) is 13.0 Å². The van der Waals surface area contributed by atoms with Gasteiger partial charge in [0.25, 0.3) is 0 Å². The number of hydrogen-bond acceptors (Lipinski definition) is 3. The minimum atomic E-state index is 0.577. The summed E-state index contributed by atoms with van der Waals surface area (Å²) in [6.45, 7) is 5.70. The molecule has 2 unspecified atom stereocenters. The summed E-state index contributed by atoms with van der Waals surface area (Å²) in [5.74, 6) is 0.780. The molecular formula is C13H24N4. The van der Waals surface area contributed by atoms with E-state index in [1.54, 1.807) is 0 Å². The van der Waals surface area contributed by atoms with Gasteiger partial charge >= 0.3 is 0 Å². The van der Waals surface area contributed by atoms with Crippen LogP contribution in [-0.2, 0) is 13.6 Å². The molecule has 4 heteroatoms. The predicted molar refractivity (Wildman–Crippen MR) is 69.7 cm³/mol. The number of piperidine rings is 1. The van der Waals surface area contributed by atoms with Gasteiger partial charge in [0.2, 0.25) is 0 Å². The molecule has 1 aliphatic heterocycles. The van der Waals surface area contributed by atoms with E-state index < -0.39 is 0 Å². The van der Waals surface area contributed by atoms with Gasteiger partial charge in [-0.25, -0.2) is 0 Å². The molecule has 0 saturated carbocycles. The van der Waals surface area contributed by atoms with E-state index in [-0.39, 0.29) is 0 Å². The lowest BCUT2D eigenvalue weighted by atomic mass is 9.92. The Balaban J connectivity index is 1.80. The second-order valence-corrected chi connectivity index (χ2v) is 5.28. The van der Waals surface area contributed by atoms with Crippen LogP contribution in [0.25, 0.3) is 0 Å². The summed E-state index contributed by atoms with van der Waals surface area (Å²) >= 11 is 0. The van der Waals surface area contributed by atoms with Crippen molar-refractivity contribution in [3.63, 3.8) is 0 Å². The van der Waals surface area contributed by atoms with E-state index in [2.05, 4.69) is 35.4 Å². The van der Waals surface area contributed by atoms with Gasteiger partial charge in [0.15, 0.2) is 0 Å². The molecule has 1 N–H and O–H groups in total. The number of aryl methyl sites for hydroxylation is 1. The van der Waals surface area contributed by atoms with Crippen LogP contribution in [0.4, 0.5) is 0 Å². The first-order chi connectivity index (χ1) is 8.16. The SMILES string of the molecule is CC(NCc1ccnn1C)C1CCCN(C)C1. The second kappa shape index (κ2) is 5.65. The molecule has 96 valence electrons. The lowest BCUT2D eigenvalue weighted by Gasteiger charge is -2.34. The molecule has 1 saturated heterocycles. The van der Waals surface area contributed by atoms with Crippen molar-refractivity contribution < 1.29 is 0 Å². The van der Waals surface area contributed by atoms with Gasteiger partial charge in [0, 0.05) is 32.4 Å². The van der Waals surface area contributed by atoms with E-state index in [1.807, 2.05) is 17.9 Å². The van der Waals surface area contributed by atoms with E-state index in [0.717, 1.165) is 12.5 Å². The van der Waals surface area contributed by atoms with Crippen LogP contribution in [0, 0.1) is 5.92 Å². The minimum absolute atomic E-state index is 0.577. The number of rotatable bonds is 4. The lowest BCUT2D eigenvalue weighted by molar-refractivity contribution is 0.178. The third-order valence-electron chi connectivity index (χ3n) is 3.90. The normalized spacial score (nSPS) is 23.8. The number of nitrogens with one attached hydrogen (secondary N) is 1. The summed E-state index contributed by atoms with van der Waals surface area (Å²) in [6, 6.07) is 2.65. The average molecular weight is 236 g/mol. The highest BCUT2D eigenvalue weighted by Crippen LogP contribution is 2.18. The van der Waals surface area contributed by atoms with Crippen molar-refractivity contribution in [3.05, 3.63) is 18.0 Å². The molecule has 0 aromatic carbocycles. The van der Waals surface area contributed by atoms with Gasteiger partial charge < -0.3 is 10.2 Å². The molecule has 0 radical (unpaired) electrons. The van der Waals surface area contributed by atoms with Crippen molar-refractivity contribution in [2.75, 3.05) is 20.1 Å². The van der Waals surface area contributed by atoms with Crippen LogP contribution in [0.3, 0.4) is 0 Å². The monoisotopic (exact) mass is 236 g/mol. The quantitative estimate of drug-likeness (QED) is 0.854. The molecule has 0 amide bonds. The predicted octanol–water partition coefficient (Wildman–Crippen LogP) is 1.24. The van der Waals surface area contributed by atoms with Crippen molar-refractivity contribution in [3.8, 4) is 0 Å². The molecule has 1 fully saturated rings. The van der Waals surface area contributed by atoms with Crippen LogP contribution >= 0.6 is 0 Å². The highest BCUT2D eigenvalue weighted by molar-refractivity contribution is 4.99. The Kier molecular flexibility index (Phi) is 4.18. The van der Waals surface area contributed by atoms with Crippen molar-refractivity contribution >= 4 is 0 Å². The average Bonchev–Trinajstić information content (AvgIpc) is 2.72. The van der Waals surface area contributed by atoms with Gasteiger partial charge in [-0.05, 0) is 45.3 Å². The zero-order valence-electron chi connectivity index (χ0n) is 11.2. The molecule has 0 spiro atoms. The largest absolute Gasteiger partial charge is 0.308 e.